The quantitative estimate of drug-likeness (QED) is 0.407. The lowest BCUT2D eigenvalue weighted by Gasteiger charge is -2.09. The first kappa shape index (κ1) is 13.1. The molecule has 1 aliphatic rings. The van der Waals surface area contributed by atoms with E-state index in [1.807, 2.05) is 0 Å². The monoisotopic (exact) mass is 264 g/mol. The number of nitrogen functional groups attached to an aromatic ring is 1. The first-order valence-electron chi connectivity index (χ1n) is 6.13. The van der Waals surface area contributed by atoms with Gasteiger partial charge < -0.3 is 16.4 Å². The lowest BCUT2D eigenvalue weighted by molar-refractivity contribution is -0.384. The second-order valence-corrected chi connectivity index (χ2v) is 4.55. The molecule has 1 aromatic rings. The Labute approximate surface area is 110 Å². The first-order valence-corrected chi connectivity index (χ1v) is 6.13. The van der Waals surface area contributed by atoms with E-state index in [0.29, 0.717) is 30.4 Å². The molecule has 4 N–H and O–H groups in total. The molecule has 0 radical (unpaired) electrons. The topological polar surface area (TPSA) is 110 Å². The number of rotatable bonds is 6. The largest absolute Gasteiger partial charge is 0.397 e. The van der Waals surface area contributed by atoms with Gasteiger partial charge in [-0.3, -0.25) is 14.9 Å². The van der Waals surface area contributed by atoms with Crippen LogP contribution in [0, 0.1) is 10.1 Å². The molecular formula is C12H16N4O3. The number of benzene rings is 1. The van der Waals surface area contributed by atoms with Crippen LogP contribution in [-0.2, 0) is 4.79 Å². The number of nitro benzene ring substituents is 1. The zero-order valence-corrected chi connectivity index (χ0v) is 10.4. The van der Waals surface area contributed by atoms with Crippen LogP contribution in [0.3, 0.4) is 0 Å². The molecule has 1 aromatic carbocycles. The molecule has 19 heavy (non-hydrogen) atoms. The number of hydrogen-bond acceptors (Lipinski definition) is 5. The van der Waals surface area contributed by atoms with E-state index in [4.69, 9.17) is 5.73 Å². The van der Waals surface area contributed by atoms with Gasteiger partial charge in [-0.1, -0.05) is 0 Å². The van der Waals surface area contributed by atoms with Crippen molar-refractivity contribution in [2.75, 3.05) is 17.6 Å². The summed E-state index contributed by atoms with van der Waals surface area (Å²) in [6.07, 6.45) is 2.48. The Hall–Kier alpha value is -2.31. The fraction of sp³-hybridized carbons (Fsp3) is 0.417. The van der Waals surface area contributed by atoms with E-state index in [0.717, 1.165) is 12.8 Å². The molecule has 0 atom stereocenters. The molecule has 0 spiro atoms. The molecule has 7 nitrogen and oxygen atoms in total. The lowest BCUT2D eigenvalue weighted by atomic mass is 10.2. The predicted octanol–water partition coefficient (Wildman–Crippen LogP) is 1.26. The molecule has 0 bridgehead atoms. The van der Waals surface area contributed by atoms with E-state index in [9.17, 15) is 14.9 Å². The predicted molar refractivity (Wildman–Crippen MR) is 71.8 cm³/mol. The number of anilines is 2. The number of amides is 1. The smallest absolute Gasteiger partial charge is 0.271 e. The van der Waals surface area contributed by atoms with Gasteiger partial charge in [0.1, 0.15) is 0 Å². The second-order valence-electron chi connectivity index (χ2n) is 4.55. The van der Waals surface area contributed by atoms with Crippen LogP contribution in [0.25, 0.3) is 0 Å². The molecule has 7 heteroatoms. The first-order chi connectivity index (χ1) is 9.06. The summed E-state index contributed by atoms with van der Waals surface area (Å²) in [7, 11) is 0. The van der Waals surface area contributed by atoms with Gasteiger partial charge in [-0.25, -0.2) is 0 Å². The molecule has 0 aliphatic heterocycles. The molecule has 1 fully saturated rings. The Balaban J connectivity index is 1.81. The highest BCUT2D eigenvalue weighted by atomic mass is 16.6. The van der Waals surface area contributed by atoms with Crippen LogP contribution in [-0.4, -0.2) is 23.4 Å². The molecule has 1 saturated carbocycles. The number of nitrogens with two attached hydrogens (primary N) is 1. The van der Waals surface area contributed by atoms with Crippen LogP contribution < -0.4 is 16.4 Å². The minimum absolute atomic E-state index is 0.00971. The molecule has 2 rings (SSSR count). The van der Waals surface area contributed by atoms with Crippen molar-refractivity contribution < 1.29 is 9.72 Å². The van der Waals surface area contributed by atoms with Gasteiger partial charge in [0.2, 0.25) is 5.91 Å². The van der Waals surface area contributed by atoms with Crippen LogP contribution in [0.4, 0.5) is 17.1 Å². The SMILES string of the molecule is Nc1cc([N+](=O)[O-])ccc1NCCC(=O)NC1CC1. The summed E-state index contributed by atoms with van der Waals surface area (Å²) in [4.78, 5) is 21.5. The summed E-state index contributed by atoms with van der Waals surface area (Å²) in [5.41, 5.74) is 6.56. The maximum Gasteiger partial charge on any atom is 0.271 e. The van der Waals surface area contributed by atoms with Crippen molar-refractivity contribution in [1.82, 2.24) is 5.32 Å². The Morgan fingerprint density at radius 2 is 2.21 bits per heavy atom. The summed E-state index contributed by atoms with van der Waals surface area (Å²) in [5, 5.41) is 16.4. The van der Waals surface area contributed by atoms with E-state index in [2.05, 4.69) is 10.6 Å². The number of carbonyl (C=O) groups is 1. The normalized spacial score (nSPS) is 13.9. The van der Waals surface area contributed by atoms with Gasteiger partial charge in [0.05, 0.1) is 16.3 Å². The minimum atomic E-state index is -0.497. The summed E-state index contributed by atoms with van der Waals surface area (Å²) >= 11 is 0. The van der Waals surface area contributed by atoms with Crippen molar-refractivity contribution in [3.05, 3.63) is 28.3 Å². The zero-order valence-electron chi connectivity index (χ0n) is 10.4. The molecular weight excluding hydrogens is 248 g/mol. The van der Waals surface area contributed by atoms with E-state index >= 15 is 0 Å². The third-order valence-electron chi connectivity index (χ3n) is 2.86. The number of hydrogen-bond donors (Lipinski definition) is 3. The third-order valence-corrected chi connectivity index (χ3v) is 2.86. The van der Waals surface area contributed by atoms with Gasteiger partial charge in [-0.05, 0) is 18.9 Å². The van der Waals surface area contributed by atoms with Gasteiger partial charge in [-0.15, -0.1) is 0 Å². The Kier molecular flexibility index (Phi) is 3.84. The number of nitro groups is 1. The molecule has 0 aromatic heterocycles. The highest BCUT2D eigenvalue weighted by Gasteiger charge is 2.22. The number of non-ortho nitro benzene ring substituents is 1. The van der Waals surface area contributed by atoms with Crippen LogP contribution in [0.2, 0.25) is 0 Å². The Morgan fingerprint density at radius 3 is 2.79 bits per heavy atom. The Bertz CT molecular complexity index is 500. The standard InChI is InChI=1S/C12H16N4O3/c13-10-7-9(16(18)19)3-4-11(10)14-6-5-12(17)15-8-1-2-8/h3-4,7-8,14H,1-2,5-6,13H2,(H,15,17). The minimum Gasteiger partial charge on any atom is -0.397 e. The van der Waals surface area contributed by atoms with Gasteiger partial charge in [0.25, 0.3) is 5.69 Å². The van der Waals surface area contributed by atoms with Gasteiger partial charge in [0.15, 0.2) is 0 Å². The van der Waals surface area contributed by atoms with Crippen molar-refractivity contribution in [3.63, 3.8) is 0 Å². The van der Waals surface area contributed by atoms with Crippen molar-refractivity contribution >= 4 is 23.0 Å². The number of nitrogens with zero attached hydrogens (tertiary/aromatic N) is 1. The fourth-order valence-electron chi connectivity index (χ4n) is 1.66. The highest BCUT2D eigenvalue weighted by Crippen LogP contribution is 2.24. The maximum absolute atomic E-state index is 11.4. The summed E-state index contributed by atoms with van der Waals surface area (Å²) in [5.74, 6) is 0.00971. The summed E-state index contributed by atoms with van der Waals surface area (Å²) < 4.78 is 0. The molecule has 0 heterocycles. The number of nitrogens with one attached hydrogen (secondary N) is 2. The van der Waals surface area contributed by atoms with Gasteiger partial charge >= 0.3 is 0 Å². The van der Waals surface area contributed by atoms with Crippen LogP contribution in [0.5, 0.6) is 0 Å². The van der Waals surface area contributed by atoms with Crippen molar-refractivity contribution in [2.24, 2.45) is 0 Å². The van der Waals surface area contributed by atoms with Crippen molar-refractivity contribution in [3.8, 4) is 0 Å². The van der Waals surface area contributed by atoms with Crippen LogP contribution in [0.1, 0.15) is 19.3 Å². The van der Waals surface area contributed by atoms with Crippen molar-refractivity contribution in [2.45, 2.75) is 25.3 Å². The van der Waals surface area contributed by atoms with Gasteiger partial charge in [0, 0.05) is 31.1 Å². The van der Waals surface area contributed by atoms with Gasteiger partial charge in [-0.2, -0.15) is 0 Å². The van der Waals surface area contributed by atoms with Crippen molar-refractivity contribution in [1.29, 1.82) is 0 Å². The number of carbonyl (C=O) groups excluding carboxylic acids is 1. The average Bonchev–Trinajstić information content (AvgIpc) is 3.14. The molecule has 0 unspecified atom stereocenters. The van der Waals surface area contributed by atoms with E-state index < -0.39 is 4.92 Å². The summed E-state index contributed by atoms with van der Waals surface area (Å²) in [6.45, 7) is 0.445. The molecule has 0 saturated heterocycles. The maximum atomic E-state index is 11.4. The lowest BCUT2D eigenvalue weighted by Crippen LogP contribution is -2.27. The Morgan fingerprint density at radius 1 is 1.47 bits per heavy atom. The summed E-state index contributed by atoms with van der Waals surface area (Å²) in [6, 6.07) is 4.58. The van der Waals surface area contributed by atoms with Crippen LogP contribution in [0.15, 0.2) is 18.2 Å². The van der Waals surface area contributed by atoms with Crippen LogP contribution >= 0.6 is 0 Å². The van der Waals surface area contributed by atoms with E-state index in [-0.39, 0.29) is 11.6 Å². The molecule has 1 amide bonds. The van der Waals surface area contributed by atoms with E-state index in [1.54, 1.807) is 6.07 Å². The second kappa shape index (κ2) is 5.55. The molecule has 102 valence electrons. The fourth-order valence-corrected chi connectivity index (χ4v) is 1.66. The third kappa shape index (κ3) is 3.84. The highest BCUT2D eigenvalue weighted by molar-refractivity contribution is 5.77. The zero-order chi connectivity index (χ0) is 13.8. The average molecular weight is 264 g/mol. The molecule has 1 aliphatic carbocycles. The van der Waals surface area contributed by atoms with E-state index in [1.165, 1.54) is 12.1 Å².